The summed E-state index contributed by atoms with van der Waals surface area (Å²) < 4.78 is 10.8. The monoisotopic (exact) mass is 449 g/mol. The molecule has 172 valence electrons. The molecule has 33 heavy (non-hydrogen) atoms. The summed E-state index contributed by atoms with van der Waals surface area (Å²) in [7, 11) is 1.56. The lowest BCUT2D eigenvalue weighted by Gasteiger charge is -2.32. The molecule has 0 saturated carbocycles. The van der Waals surface area contributed by atoms with Gasteiger partial charge in [0.1, 0.15) is 5.69 Å². The van der Waals surface area contributed by atoms with Gasteiger partial charge < -0.3 is 20.2 Å². The third-order valence-corrected chi connectivity index (χ3v) is 5.60. The first-order valence-corrected chi connectivity index (χ1v) is 10.8. The van der Waals surface area contributed by atoms with Gasteiger partial charge in [0.25, 0.3) is 11.5 Å². The third-order valence-electron chi connectivity index (χ3n) is 5.60. The van der Waals surface area contributed by atoms with Gasteiger partial charge in [-0.3, -0.25) is 19.5 Å². The molecule has 3 heterocycles. The number of nitrogens with one attached hydrogen (secondary N) is 1. The molecule has 0 radical (unpaired) electrons. The topological polar surface area (TPSA) is 123 Å². The first-order chi connectivity index (χ1) is 16.0. The second kappa shape index (κ2) is 10.3. The number of aromatic nitrogens is 3. The number of likely N-dealkylation sites (tertiary alicyclic amines) is 1. The molecule has 0 unspecified atom stereocenters. The first kappa shape index (κ1) is 22.5. The van der Waals surface area contributed by atoms with Crippen LogP contribution in [0.25, 0.3) is 11.5 Å². The summed E-state index contributed by atoms with van der Waals surface area (Å²) in [4.78, 5) is 37.5. The summed E-state index contributed by atoms with van der Waals surface area (Å²) in [6, 6.07) is 12.8. The van der Waals surface area contributed by atoms with Gasteiger partial charge in [0, 0.05) is 31.3 Å². The van der Waals surface area contributed by atoms with Gasteiger partial charge in [0.15, 0.2) is 23.9 Å². The van der Waals surface area contributed by atoms with Crippen molar-refractivity contribution in [1.82, 2.24) is 19.9 Å². The Morgan fingerprint density at radius 3 is 2.88 bits per heavy atom. The SMILES string of the molecule is COc1cc(CN2CCC[C@H](c3cc(=O)[nH]c(-c4ccccn4)n3)C2)ccc1OCC(N)=O. The average molecular weight is 450 g/mol. The Balaban J connectivity index is 1.48. The second-order valence-corrected chi connectivity index (χ2v) is 8.05. The van der Waals surface area contributed by atoms with E-state index in [-0.39, 0.29) is 18.1 Å². The van der Waals surface area contributed by atoms with Gasteiger partial charge >= 0.3 is 0 Å². The van der Waals surface area contributed by atoms with Crippen LogP contribution >= 0.6 is 0 Å². The Morgan fingerprint density at radius 1 is 1.24 bits per heavy atom. The number of methoxy groups -OCH3 is 1. The number of nitrogens with two attached hydrogens (primary N) is 1. The van der Waals surface area contributed by atoms with Crippen LogP contribution in [0.1, 0.15) is 30.0 Å². The van der Waals surface area contributed by atoms with Gasteiger partial charge in [-0.15, -0.1) is 0 Å². The number of hydrogen-bond donors (Lipinski definition) is 2. The fraction of sp³-hybridized carbons (Fsp3) is 0.333. The predicted octanol–water partition coefficient (Wildman–Crippen LogP) is 2.08. The Bertz CT molecular complexity index is 1170. The van der Waals surface area contributed by atoms with Crippen LogP contribution in [0.4, 0.5) is 0 Å². The lowest BCUT2D eigenvalue weighted by molar-refractivity contribution is -0.119. The van der Waals surface area contributed by atoms with Crippen LogP contribution in [0.2, 0.25) is 0 Å². The van der Waals surface area contributed by atoms with Crippen molar-refractivity contribution >= 4 is 5.91 Å². The largest absolute Gasteiger partial charge is 0.493 e. The van der Waals surface area contributed by atoms with E-state index in [1.807, 2.05) is 30.3 Å². The number of primary amides is 1. The first-order valence-electron chi connectivity index (χ1n) is 10.8. The van der Waals surface area contributed by atoms with Gasteiger partial charge in [0.2, 0.25) is 0 Å². The normalized spacial score (nSPS) is 16.3. The molecule has 9 nitrogen and oxygen atoms in total. The molecule has 0 aliphatic carbocycles. The molecular weight excluding hydrogens is 422 g/mol. The van der Waals surface area contributed by atoms with Crippen LogP contribution in [0.5, 0.6) is 11.5 Å². The molecule has 1 amide bonds. The van der Waals surface area contributed by atoms with E-state index in [9.17, 15) is 9.59 Å². The van der Waals surface area contributed by atoms with E-state index in [1.54, 1.807) is 25.4 Å². The number of pyridine rings is 1. The Morgan fingerprint density at radius 2 is 2.12 bits per heavy atom. The number of ether oxygens (including phenoxy) is 2. The number of hydrogen-bond acceptors (Lipinski definition) is 7. The van der Waals surface area contributed by atoms with Gasteiger partial charge in [0.05, 0.1) is 12.8 Å². The number of benzene rings is 1. The number of rotatable bonds is 8. The molecule has 3 aromatic rings. The van der Waals surface area contributed by atoms with Crippen molar-refractivity contribution < 1.29 is 14.3 Å². The van der Waals surface area contributed by atoms with Crippen molar-refractivity contribution in [2.24, 2.45) is 5.73 Å². The molecule has 4 rings (SSSR count). The zero-order chi connectivity index (χ0) is 23.2. The van der Waals surface area contributed by atoms with Crippen LogP contribution in [-0.4, -0.2) is 52.6 Å². The summed E-state index contributed by atoms with van der Waals surface area (Å²) in [6.07, 6.45) is 3.66. The minimum absolute atomic E-state index is 0.156. The molecule has 1 aliphatic heterocycles. The number of amides is 1. The summed E-state index contributed by atoms with van der Waals surface area (Å²) in [6.45, 7) is 2.27. The number of aromatic amines is 1. The highest BCUT2D eigenvalue weighted by atomic mass is 16.5. The maximum absolute atomic E-state index is 12.3. The fourth-order valence-corrected chi connectivity index (χ4v) is 4.09. The molecule has 1 aromatic carbocycles. The van der Waals surface area contributed by atoms with Crippen LogP contribution in [0.3, 0.4) is 0 Å². The average Bonchev–Trinajstić information content (AvgIpc) is 2.83. The summed E-state index contributed by atoms with van der Waals surface area (Å²) in [5.41, 5.74) is 7.48. The summed E-state index contributed by atoms with van der Waals surface area (Å²) in [5.74, 6) is 1.14. The van der Waals surface area contributed by atoms with Crippen LogP contribution < -0.4 is 20.8 Å². The Kier molecular flexibility index (Phi) is 6.99. The fourth-order valence-electron chi connectivity index (χ4n) is 4.09. The maximum atomic E-state index is 12.3. The van der Waals surface area contributed by atoms with Crippen LogP contribution in [-0.2, 0) is 11.3 Å². The second-order valence-electron chi connectivity index (χ2n) is 8.05. The molecule has 1 fully saturated rings. The number of carbonyl (C=O) groups excluding carboxylic acids is 1. The van der Waals surface area contributed by atoms with E-state index >= 15 is 0 Å². The van der Waals surface area contributed by atoms with Crippen molar-refractivity contribution in [3.8, 4) is 23.0 Å². The van der Waals surface area contributed by atoms with Gasteiger partial charge in [-0.05, 0) is 49.2 Å². The van der Waals surface area contributed by atoms with Gasteiger partial charge in [-0.1, -0.05) is 12.1 Å². The standard InChI is InChI=1S/C24H27N5O4/c1-32-21-11-16(7-8-20(21)33-15-22(25)30)13-29-10-4-5-17(14-29)19-12-23(31)28-24(27-19)18-6-2-3-9-26-18/h2-3,6-9,11-12,17H,4-5,10,13-15H2,1H3,(H2,25,30)(H,27,28,31)/t17-/m0/s1. The molecule has 0 bridgehead atoms. The number of piperidine rings is 1. The predicted molar refractivity (Wildman–Crippen MR) is 123 cm³/mol. The minimum atomic E-state index is -0.542. The molecule has 3 N–H and O–H groups in total. The number of nitrogens with zero attached hydrogens (tertiary/aromatic N) is 3. The molecule has 1 atom stereocenters. The van der Waals surface area contributed by atoms with Crippen molar-refractivity contribution in [2.75, 3.05) is 26.8 Å². The van der Waals surface area contributed by atoms with E-state index in [4.69, 9.17) is 20.2 Å². The van der Waals surface area contributed by atoms with Crippen LogP contribution in [0, 0.1) is 0 Å². The molecule has 2 aromatic heterocycles. The number of H-pyrrole nitrogens is 1. The quantitative estimate of drug-likeness (QED) is 0.540. The van der Waals surface area contributed by atoms with Gasteiger partial charge in [-0.25, -0.2) is 4.98 Å². The molecule has 1 saturated heterocycles. The van der Waals surface area contributed by atoms with Crippen molar-refractivity contribution in [3.05, 3.63) is 70.3 Å². The number of carbonyl (C=O) groups is 1. The summed E-state index contributed by atoms with van der Waals surface area (Å²) >= 11 is 0. The van der Waals surface area contributed by atoms with Crippen molar-refractivity contribution in [2.45, 2.75) is 25.3 Å². The highest BCUT2D eigenvalue weighted by molar-refractivity contribution is 5.75. The maximum Gasteiger partial charge on any atom is 0.255 e. The van der Waals surface area contributed by atoms with E-state index in [1.165, 1.54) is 0 Å². The molecule has 9 heteroatoms. The van der Waals surface area contributed by atoms with Crippen molar-refractivity contribution in [3.63, 3.8) is 0 Å². The Labute approximate surface area is 191 Å². The molecule has 0 spiro atoms. The highest BCUT2D eigenvalue weighted by Gasteiger charge is 2.24. The Hall–Kier alpha value is -3.72. The van der Waals surface area contributed by atoms with Gasteiger partial charge in [-0.2, -0.15) is 0 Å². The zero-order valence-corrected chi connectivity index (χ0v) is 18.5. The van der Waals surface area contributed by atoms with E-state index < -0.39 is 5.91 Å². The van der Waals surface area contributed by atoms with E-state index in [0.29, 0.717) is 23.0 Å². The molecular formula is C24H27N5O4. The minimum Gasteiger partial charge on any atom is -0.493 e. The smallest absolute Gasteiger partial charge is 0.255 e. The van der Waals surface area contributed by atoms with Crippen LogP contribution in [0.15, 0.2) is 53.5 Å². The summed E-state index contributed by atoms with van der Waals surface area (Å²) in [5, 5.41) is 0. The van der Waals surface area contributed by atoms with E-state index in [2.05, 4.69) is 14.9 Å². The molecule has 1 aliphatic rings. The lowest BCUT2D eigenvalue weighted by atomic mass is 9.94. The highest BCUT2D eigenvalue weighted by Crippen LogP contribution is 2.31. The van der Waals surface area contributed by atoms with Crippen molar-refractivity contribution in [1.29, 1.82) is 0 Å². The lowest BCUT2D eigenvalue weighted by Crippen LogP contribution is -2.34. The zero-order valence-electron chi connectivity index (χ0n) is 18.5. The van der Waals surface area contributed by atoms with E-state index in [0.717, 1.165) is 43.7 Å². The third kappa shape index (κ3) is 5.75.